The molecule has 72 valence electrons. The van der Waals surface area contributed by atoms with Crippen LogP contribution in [0.5, 0.6) is 0 Å². The fraction of sp³-hybridized carbons (Fsp3) is 0.778. The smallest absolute Gasteiger partial charge is 0.0849 e. The highest BCUT2D eigenvalue weighted by Crippen LogP contribution is 2.27. The first-order valence-corrected chi connectivity index (χ1v) is 4.88. The number of hydrogen-bond acceptors (Lipinski definition) is 3. The van der Waals surface area contributed by atoms with Gasteiger partial charge in [0, 0.05) is 25.8 Å². The zero-order valence-electron chi connectivity index (χ0n) is 7.69. The maximum absolute atomic E-state index is 8.69. The van der Waals surface area contributed by atoms with Crippen LogP contribution in [0.4, 0.5) is 0 Å². The van der Waals surface area contributed by atoms with Gasteiger partial charge in [0.05, 0.1) is 5.69 Å². The molecule has 1 aliphatic carbocycles. The summed E-state index contributed by atoms with van der Waals surface area (Å²) in [5, 5.41) is 16.7. The lowest BCUT2D eigenvalue weighted by Crippen LogP contribution is -2.18. The summed E-state index contributed by atoms with van der Waals surface area (Å²) in [6.45, 7) is 1.15. The maximum atomic E-state index is 8.69. The number of aromatic nitrogens is 3. The molecule has 1 heterocycles. The Morgan fingerprint density at radius 2 is 2.38 bits per heavy atom. The second kappa shape index (κ2) is 3.87. The highest BCUT2D eigenvalue weighted by atomic mass is 16.3. The summed E-state index contributed by atoms with van der Waals surface area (Å²) in [6, 6.07) is 0. The molecular weight excluding hydrogens is 166 g/mol. The van der Waals surface area contributed by atoms with Crippen LogP contribution in [0.3, 0.4) is 0 Å². The molecule has 1 aromatic heterocycles. The van der Waals surface area contributed by atoms with E-state index in [1.54, 1.807) is 0 Å². The molecule has 0 aliphatic heterocycles. The Balaban J connectivity index is 1.88. The Kier molecular flexibility index (Phi) is 2.59. The Hall–Kier alpha value is -0.900. The van der Waals surface area contributed by atoms with Crippen LogP contribution < -0.4 is 0 Å². The zero-order valence-corrected chi connectivity index (χ0v) is 7.69. The van der Waals surface area contributed by atoms with Gasteiger partial charge < -0.3 is 5.11 Å². The fourth-order valence-electron chi connectivity index (χ4n) is 1.60. The molecule has 0 aromatic carbocycles. The highest BCUT2D eigenvalue weighted by Gasteiger charge is 2.18. The van der Waals surface area contributed by atoms with E-state index >= 15 is 0 Å². The van der Waals surface area contributed by atoms with Gasteiger partial charge in [-0.2, -0.15) is 0 Å². The van der Waals surface area contributed by atoms with Gasteiger partial charge in [-0.25, -0.2) is 0 Å². The number of hydrogen-bond donors (Lipinski definition) is 1. The number of aliphatic hydroxyl groups excluding tert-OH is 1. The molecule has 1 aliphatic rings. The first-order chi connectivity index (χ1) is 6.38. The molecule has 0 unspecified atom stereocenters. The largest absolute Gasteiger partial charge is 0.396 e. The Morgan fingerprint density at radius 1 is 1.54 bits per heavy atom. The van der Waals surface area contributed by atoms with Crippen molar-refractivity contribution in [1.82, 2.24) is 15.0 Å². The molecule has 0 atom stereocenters. The van der Waals surface area contributed by atoms with E-state index in [0.717, 1.165) is 18.2 Å². The normalized spacial score (nSPS) is 17.3. The van der Waals surface area contributed by atoms with Crippen LogP contribution in [-0.2, 0) is 13.0 Å². The Labute approximate surface area is 77.6 Å². The topological polar surface area (TPSA) is 50.9 Å². The molecule has 1 N–H and O–H groups in total. The molecule has 0 amide bonds. The minimum Gasteiger partial charge on any atom is -0.396 e. The average Bonchev–Trinajstić information content (AvgIpc) is 2.46. The molecule has 0 radical (unpaired) electrons. The van der Waals surface area contributed by atoms with E-state index < -0.39 is 0 Å². The second-order valence-electron chi connectivity index (χ2n) is 3.70. The van der Waals surface area contributed by atoms with Crippen molar-refractivity contribution >= 4 is 0 Å². The van der Waals surface area contributed by atoms with E-state index in [-0.39, 0.29) is 6.61 Å². The number of aliphatic hydroxyl groups is 1. The molecule has 13 heavy (non-hydrogen) atoms. The average molecular weight is 181 g/mol. The van der Waals surface area contributed by atoms with Crippen LogP contribution in [0, 0.1) is 5.92 Å². The van der Waals surface area contributed by atoms with Crippen molar-refractivity contribution in [2.24, 2.45) is 5.92 Å². The van der Waals surface area contributed by atoms with Crippen molar-refractivity contribution in [3.05, 3.63) is 11.9 Å². The van der Waals surface area contributed by atoms with Crippen LogP contribution in [0.15, 0.2) is 6.20 Å². The summed E-state index contributed by atoms with van der Waals surface area (Å²) in [5.41, 5.74) is 0.891. The third-order valence-electron chi connectivity index (χ3n) is 2.62. The van der Waals surface area contributed by atoms with E-state index in [4.69, 9.17) is 5.11 Å². The van der Waals surface area contributed by atoms with Crippen LogP contribution in [0.1, 0.15) is 25.0 Å². The molecule has 0 saturated heterocycles. The number of rotatable bonds is 4. The Morgan fingerprint density at radius 3 is 3.00 bits per heavy atom. The van der Waals surface area contributed by atoms with Gasteiger partial charge in [-0.3, -0.25) is 4.68 Å². The quantitative estimate of drug-likeness (QED) is 0.740. The first-order valence-electron chi connectivity index (χ1n) is 4.88. The van der Waals surface area contributed by atoms with E-state index in [2.05, 4.69) is 10.3 Å². The van der Waals surface area contributed by atoms with Crippen LogP contribution in [0.2, 0.25) is 0 Å². The van der Waals surface area contributed by atoms with Crippen molar-refractivity contribution in [2.75, 3.05) is 6.61 Å². The molecule has 0 spiro atoms. The van der Waals surface area contributed by atoms with Gasteiger partial charge in [0.25, 0.3) is 0 Å². The SMILES string of the molecule is OCCc1cn(CC2CCC2)nn1. The van der Waals surface area contributed by atoms with Gasteiger partial charge in [0.15, 0.2) is 0 Å². The van der Waals surface area contributed by atoms with Crippen LogP contribution in [-0.4, -0.2) is 26.7 Å². The lowest BCUT2D eigenvalue weighted by atomic mass is 9.85. The molecule has 0 bridgehead atoms. The van der Waals surface area contributed by atoms with Gasteiger partial charge >= 0.3 is 0 Å². The van der Waals surface area contributed by atoms with E-state index in [9.17, 15) is 0 Å². The summed E-state index contributed by atoms with van der Waals surface area (Å²) in [6.07, 6.45) is 6.58. The predicted molar refractivity (Wildman–Crippen MR) is 48.2 cm³/mol. The third-order valence-corrected chi connectivity index (χ3v) is 2.62. The summed E-state index contributed by atoms with van der Waals surface area (Å²) in [5.74, 6) is 0.809. The molecule has 1 fully saturated rings. The molecule has 4 nitrogen and oxygen atoms in total. The molecule has 2 rings (SSSR count). The second-order valence-corrected chi connectivity index (χ2v) is 3.70. The Bertz CT molecular complexity index is 268. The predicted octanol–water partition coefficient (Wildman–Crippen LogP) is 0.613. The minimum atomic E-state index is 0.155. The molecular formula is C9H15N3O. The van der Waals surface area contributed by atoms with Crippen molar-refractivity contribution in [3.8, 4) is 0 Å². The summed E-state index contributed by atoms with van der Waals surface area (Å²) in [4.78, 5) is 0. The van der Waals surface area contributed by atoms with Gasteiger partial charge in [-0.15, -0.1) is 5.10 Å². The minimum absolute atomic E-state index is 0.155. The lowest BCUT2D eigenvalue weighted by Gasteiger charge is -2.24. The van der Waals surface area contributed by atoms with Gasteiger partial charge in [-0.1, -0.05) is 11.6 Å². The third kappa shape index (κ3) is 2.06. The summed E-state index contributed by atoms with van der Waals surface area (Å²) < 4.78 is 1.90. The fourth-order valence-corrected chi connectivity index (χ4v) is 1.60. The summed E-state index contributed by atoms with van der Waals surface area (Å²) in [7, 11) is 0. The van der Waals surface area contributed by atoms with Gasteiger partial charge in [-0.05, 0) is 18.8 Å². The van der Waals surface area contributed by atoms with Crippen molar-refractivity contribution in [2.45, 2.75) is 32.2 Å². The number of nitrogens with zero attached hydrogens (tertiary/aromatic N) is 3. The maximum Gasteiger partial charge on any atom is 0.0849 e. The molecule has 1 aromatic rings. The lowest BCUT2D eigenvalue weighted by molar-refractivity contribution is 0.264. The van der Waals surface area contributed by atoms with Gasteiger partial charge in [0.2, 0.25) is 0 Å². The van der Waals surface area contributed by atoms with Crippen LogP contribution in [0.25, 0.3) is 0 Å². The van der Waals surface area contributed by atoms with E-state index in [1.807, 2.05) is 10.9 Å². The standard InChI is InChI=1S/C9H15N3O/c13-5-4-9-7-12(11-10-9)6-8-2-1-3-8/h7-8,13H,1-6H2. The monoisotopic (exact) mass is 181 g/mol. The highest BCUT2D eigenvalue weighted by molar-refractivity contribution is 4.92. The van der Waals surface area contributed by atoms with Gasteiger partial charge in [0.1, 0.15) is 0 Å². The van der Waals surface area contributed by atoms with E-state index in [1.165, 1.54) is 19.3 Å². The van der Waals surface area contributed by atoms with Crippen molar-refractivity contribution in [1.29, 1.82) is 0 Å². The zero-order chi connectivity index (χ0) is 9.10. The first kappa shape index (κ1) is 8.69. The van der Waals surface area contributed by atoms with Crippen molar-refractivity contribution in [3.63, 3.8) is 0 Å². The molecule has 4 heteroatoms. The van der Waals surface area contributed by atoms with Crippen LogP contribution >= 0.6 is 0 Å². The summed E-state index contributed by atoms with van der Waals surface area (Å²) >= 11 is 0. The van der Waals surface area contributed by atoms with Crippen molar-refractivity contribution < 1.29 is 5.11 Å². The molecule has 1 saturated carbocycles. The van der Waals surface area contributed by atoms with E-state index in [0.29, 0.717) is 6.42 Å².